The molecule has 1 aromatic carbocycles. The number of aliphatic hydroxyl groups excluding tert-OH is 1. The molecule has 146 valence electrons. The van der Waals surface area contributed by atoms with Crippen molar-refractivity contribution in [1.82, 2.24) is 0 Å². The van der Waals surface area contributed by atoms with Gasteiger partial charge >= 0.3 is 0 Å². The van der Waals surface area contributed by atoms with Crippen LogP contribution in [0.25, 0.3) is 0 Å². The molecule has 0 saturated carbocycles. The lowest BCUT2D eigenvalue weighted by molar-refractivity contribution is 0.0813. The standard InChI is InChI=1S/C23H30O4/c1-4-11-25-17-6-7-18(20(24)13-17)16-12-15-5-8-21-19(22(15)26-14-16)9-10-23(2,3)27-21/h5,7-8,13,16-17,24H,4,6,9-12,14H2,1-3H3/t16-,17?/m0/s1. The van der Waals surface area contributed by atoms with Crippen LogP contribution in [0.5, 0.6) is 11.5 Å². The summed E-state index contributed by atoms with van der Waals surface area (Å²) in [4.78, 5) is 0. The molecule has 0 radical (unpaired) electrons. The lowest BCUT2D eigenvalue weighted by atomic mass is 9.84. The molecule has 4 nitrogen and oxygen atoms in total. The molecular formula is C23H30O4. The second-order valence-electron chi connectivity index (χ2n) is 8.46. The Morgan fingerprint density at radius 1 is 1.30 bits per heavy atom. The monoisotopic (exact) mass is 370 g/mol. The Morgan fingerprint density at radius 2 is 2.15 bits per heavy atom. The molecule has 0 fully saturated rings. The van der Waals surface area contributed by atoms with Crippen LogP contribution < -0.4 is 9.47 Å². The zero-order valence-corrected chi connectivity index (χ0v) is 16.6. The van der Waals surface area contributed by atoms with Crippen molar-refractivity contribution >= 4 is 0 Å². The van der Waals surface area contributed by atoms with Gasteiger partial charge in [-0.2, -0.15) is 0 Å². The summed E-state index contributed by atoms with van der Waals surface area (Å²) in [5.41, 5.74) is 3.30. The van der Waals surface area contributed by atoms with Gasteiger partial charge < -0.3 is 19.3 Å². The highest BCUT2D eigenvalue weighted by molar-refractivity contribution is 5.53. The van der Waals surface area contributed by atoms with Gasteiger partial charge in [-0.25, -0.2) is 0 Å². The zero-order chi connectivity index (χ0) is 19.0. The zero-order valence-electron chi connectivity index (χ0n) is 16.6. The fraction of sp³-hybridized carbons (Fsp3) is 0.565. The van der Waals surface area contributed by atoms with Crippen LogP contribution in [0.4, 0.5) is 0 Å². The van der Waals surface area contributed by atoms with Gasteiger partial charge in [0.25, 0.3) is 0 Å². The average molecular weight is 370 g/mol. The lowest BCUT2D eigenvalue weighted by Gasteiger charge is -2.36. The van der Waals surface area contributed by atoms with E-state index in [1.165, 1.54) is 11.1 Å². The summed E-state index contributed by atoms with van der Waals surface area (Å²) in [7, 11) is 0. The second kappa shape index (κ2) is 7.23. The van der Waals surface area contributed by atoms with Crippen LogP contribution in [-0.4, -0.2) is 30.0 Å². The molecule has 2 aliphatic heterocycles. The van der Waals surface area contributed by atoms with Gasteiger partial charge in [-0.3, -0.25) is 0 Å². The molecular weight excluding hydrogens is 340 g/mol. The number of fused-ring (bicyclic) bond motifs is 3. The normalized spacial score (nSPS) is 26.0. The Bertz CT molecular complexity index is 775. The van der Waals surface area contributed by atoms with E-state index in [-0.39, 0.29) is 17.6 Å². The van der Waals surface area contributed by atoms with E-state index in [9.17, 15) is 5.11 Å². The Labute approximate surface area is 161 Å². The predicted octanol–water partition coefficient (Wildman–Crippen LogP) is 4.91. The minimum absolute atomic E-state index is 0.0157. The maximum absolute atomic E-state index is 10.5. The quantitative estimate of drug-likeness (QED) is 0.818. The van der Waals surface area contributed by atoms with Crippen LogP contribution in [0.3, 0.4) is 0 Å². The van der Waals surface area contributed by atoms with Crippen molar-refractivity contribution in [2.45, 2.75) is 64.6 Å². The first kappa shape index (κ1) is 18.4. The summed E-state index contributed by atoms with van der Waals surface area (Å²) < 4.78 is 18.1. The molecule has 2 atom stereocenters. The van der Waals surface area contributed by atoms with E-state index < -0.39 is 0 Å². The highest BCUT2D eigenvalue weighted by Gasteiger charge is 2.33. The number of benzene rings is 1. The summed E-state index contributed by atoms with van der Waals surface area (Å²) in [6.45, 7) is 7.68. The molecule has 0 amide bonds. The Morgan fingerprint density at radius 3 is 2.93 bits per heavy atom. The number of rotatable bonds is 4. The van der Waals surface area contributed by atoms with Crippen molar-refractivity contribution in [1.29, 1.82) is 0 Å². The molecule has 0 saturated heterocycles. The largest absolute Gasteiger partial charge is 0.508 e. The van der Waals surface area contributed by atoms with Crippen molar-refractivity contribution in [3.8, 4) is 11.5 Å². The molecule has 0 bridgehead atoms. The third-order valence-corrected chi connectivity index (χ3v) is 5.74. The molecule has 2 heterocycles. The first-order chi connectivity index (χ1) is 13.0. The molecule has 1 unspecified atom stereocenters. The second-order valence-corrected chi connectivity index (χ2v) is 8.46. The first-order valence-corrected chi connectivity index (χ1v) is 10.2. The minimum Gasteiger partial charge on any atom is -0.508 e. The van der Waals surface area contributed by atoms with Gasteiger partial charge in [0.05, 0.1) is 12.7 Å². The summed E-state index contributed by atoms with van der Waals surface area (Å²) >= 11 is 0. The van der Waals surface area contributed by atoms with Gasteiger partial charge in [0.15, 0.2) is 0 Å². The van der Waals surface area contributed by atoms with E-state index in [0.29, 0.717) is 12.4 Å². The van der Waals surface area contributed by atoms with Gasteiger partial charge in [-0.1, -0.05) is 19.1 Å². The summed E-state index contributed by atoms with van der Waals surface area (Å²) in [6.07, 6.45) is 8.63. The summed E-state index contributed by atoms with van der Waals surface area (Å²) in [6, 6.07) is 4.21. The fourth-order valence-electron chi connectivity index (χ4n) is 4.26. The van der Waals surface area contributed by atoms with Gasteiger partial charge in [-0.05, 0) is 69.2 Å². The van der Waals surface area contributed by atoms with E-state index in [4.69, 9.17) is 14.2 Å². The molecule has 4 heteroatoms. The number of hydrogen-bond donors (Lipinski definition) is 1. The summed E-state index contributed by atoms with van der Waals surface area (Å²) in [5.74, 6) is 2.49. The number of ether oxygens (including phenoxy) is 3. The Kier molecular flexibility index (Phi) is 4.94. The third kappa shape index (κ3) is 3.73. The molecule has 3 aliphatic rings. The SMILES string of the molecule is CCCOC1C=C(O)C([C@@H]2COc3c(ccc4c3CCC(C)(C)O4)C2)=CC1. The van der Waals surface area contributed by atoms with Gasteiger partial charge in [0.2, 0.25) is 0 Å². The molecule has 1 aromatic rings. The molecule has 0 spiro atoms. The molecule has 27 heavy (non-hydrogen) atoms. The number of allylic oxidation sites excluding steroid dienone is 1. The maximum atomic E-state index is 10.5. The number of hydrogen-bond acceptors (Lipinski definition) is 4. The van der Waals surface area contributed by atoms with Crippen molar-refractivity contribution in [3.63, 3.8) is 0 Å². The van der Waals surface area contributed by atoms with E-state index in [2.05, 4.69) is 39.0 Å². The first-order valence-electron chi connectivity index (χ1n) is 10.2. The van der Waals surface area contributed by atoms with Crippen LogP contribution in [0, 0.1) is 5.92 Å². The summed E-state index contributed by atoms with van der Waals surface area (Å²) in [5, 5.41) is 10.5. The smallest absolute Gasteiger partial charge is 0.129 e. The Balaban J connectivity index is 1.50. The molecule has 4 rings (SSSR count). The van der Waals surface area contributed by atoms with Crippen LogP contribution in [-0.2, 0) is 17.6 Å². The number of aliphatic hydroxyl groups is 1. The van der Waals surface area contributed by atoms with Gasteiger partial charge in [-0.15, -0.1) is 0 Å². The predicted molar refractivity (Wildman–Crippen MR) is 106 cm³/mol. The average Bonchev–Trinajstić information content (AvgIpc) is 2.65. The molecule has 1 N–H and O–H groups in total. The lowest BCUT2D eigenvalue weighted by Crippen LogP contribution is -2.33. The van der Waals surface area contributed by atoms with E-state index in [1.807, 2.05) is 6.08 Å². The van der Waals surface area contributed by atoms with Gasteiger partial charge in [0.1, 0.15) is 22.9 Å². The van der Waals surface area contributed by atoms with Crippen LogP contribution in [0.1, 0.15) is 51.2 Å². The van der Waals surface area contributed by atoms with Crippen molar-refractivity contribution in [3.05, 3.63) is 46.7 Å². The fourth-order valence-corrected chi connectivity index (χ4v) is 4.26. The third-order valence-electron chi connectivity index (χ3n) is 5.74. The van der Waals surface area contributed by atoms with E-state index in [1.54, 1.807) is 0 Å². The van der Waals surface area contributed by atoms with Gasteiger partial charge in [0, 0.05) is 18.1 Å². The van der Waals surface area contributed by atoms with E-state index >= 15 is 0 Å². The van der Waals surface area contributed by atoms with E-state index in [0.717, 1.165) is 55.8 Å². The van der Waals surface area contributed by atoms with Crippen LogP contribution in [0.15, 0.2) is 35.6 Å². The Hall–Kier alpha value is -1.94. The van der Waals surface area contributed by atoms with Crippen LogP contribution >= 0.6 is 0 Å². The minimum atomic E-state index is -0.113. The van der Waals surface area contributed by atoms with Crippen molar-refractivity contribution < 1.29 is 19.3 Å². The topological polar surface area (TPSA) is 47.9 Å². The molecule has 0 aromatic heterocycles. The van der Waals surface area contributed by atoms with Crippen molar-refractivity contribution in [2.24, 2.45) is 5.92 Å². The highest BCUT2D eigenvalue weighted by Crippen LogP contribution is 2.44. The van der Waals surface area contributed by atoms with Crippen LogP contribution in [0.2, 0.25) is 0 Å². The maximum Gasteiger partial charge on any atom is 0.129 e. The highest BCUT2D eigenvalue weighted by atomic mass is 16.5. The van der Waals surface area contributed by atoms with Crippen molar-refractivity contribution in [2.75, 3.05) is 13.2 Å². The molecule has 1 aliphatic carbocycles.